The molecule has 24 heavy (non-hydrogen) atoms. The number of carbonyl (C=O) groups excluding carboxylic acids is 1. The molecule has 2 heterocycles. The summed E-state index contributed by atoms with van der Waals surface area (Å²) in [6, 6.07) is 5.65. The van der Waals surface area contributed by atoms with Gasteiger partial charge >= 0.3 is 0 Å². The number of aromatic nitrogens is 1. The lowest BCUT2D eigenvalue weighted by Crippen LogP contribution is -2.53. The van der Waals surface area contributed by atoms with Crippen LogP contribution in [0.1, 0.15) is 33.6 Å². The Morgan fingerprint density at radius 1 is 1.46 bits per heavy atom. The van der Waals surface area contributed by atoms with E-state index < -0.39 is 6.10 Å². The Morgan fingerprint density at radius 2 is 2.29 bits per heavy atom. The standard InChI is InChI=1S/C18H23N3O2S/c1-12-3-4-13(2)15(7-12)18(23)20-16-5-6-21(9-17(16)22)8-14-10-24-11-19-14/h3-4,7,10-11,16-17,22H,5-6,8-9H2,1-2H3,(H,20,23)/t16-,17-/m1/s1. The number of rotatable bonds is 4. The zero-order valence-corrected chi connectivity index (χ0v) is 14.8. The molecule has 0 saturated carbocycles. The lowest BCUT2D eigenvalue weighted by Gasteiger charge is -2.36. The summed E-state index contributed by atoms with van der Waals surface area (Å²) in [6.07, 6.45) is 0.175. The first-order valence-corrected chi connectivity index (χ1v) is 9.13. The highest BCUT2D eigenvalue weighted by atomic mass is 32.1. The van der Waals surface area contributed by atoms with Crippen molar-refractivity contribution in [3.8, 4) is 0 Å². The Balaban J connectivity index is 1.58. The number of benzene rings is 1. The molecule has 3 rings (SSSR count). The Morgan fingerprint density at radius 3 is 3.00 bits per heavy atom. The molecule has 2 aromatic rings. The fourth-order valence-corrected chi connectivity index (χ4v) is 3.63. The SMILES string of the molecule is Cc1ccc(C)c(C(=O)N[C@@H]2CCN(Cc3cscn3)C[C@H]2O)c1. The number of nitrogens with one attached hydrogen (secondary N) is 1. The van der Waals surface area contributed by atoms with E-state index in [2.05, 4.69) is 15.2 Å². The van der Waals surface area contributed by atoms with Gasteiger partial charge in [0.2, 0.25) is 0 Å². The summed E-state index contributed by atoms with van der Waals surface area (Å²) in [7, 11) is 0. The summed E-state index contributed by atoms with van der Waals surface area (Å²) in [4.78, 5) is 19.0. The molecule has 1 aliphatic heterocycles. The van der Waals surface area contributed by atoms with Gasteiger partial charge in [-0.15, -0.1) is 11.3 Å². The molecule has 2 atom stereocenters. The average Bonchev–Trinajstić information content (AvgIpc) is 3.05. The van der Waals surface area contributed by atoms with Gasteiger partial charge in [-0.2, -0.15) is 0 Å². The van der Waals surface area contributed by atoms with E-state index in [1.165, 1.54) is 0 Å². The van der Waals surface area contributed by atoms with Gasteiger partial charge < -0.3 is 10.4 Å². The van der Waals surface area contributed by atoms with Crippen LogP contribution in [0.15, 0.2) is 29.1 Å². The van der Waals surface area contributed by atoms with Crippen molar-refractivity contribution in [3.63, 3.8) is 0 Å². The van der Waals surface area contributed by atoms with Crippen LogP contribution in [0.3, 0.4) is 0 Å². The highest BCUT2D eigenvalue weighted by molar-refractivity contribution is 7.07. The normalized spacial score (nSPS) is 21.6. The van der Waals surface area contributed by atoms with E-state index in [1.54, 1.807) is 11.3 Å². The summed E-state index contributed by atoms with van der Waals surface area (Å²) >= 11 is 1.58. The first-order valence-electron chi connectivity index (χ1n) is 8.18. The second kappa shape index (κ2) is 7.42. The van der Waals surface area contributed by atoms with Crippen molar-refractivity contribution >= 4 is 17.2 Å². The van der Waals surface area contributed by atoms with Gasteiger partial charge in [-0.3, -0.25) is 9.69 Å². The van der Waals surface area contributed by atoms with Gasteiger partial charge in [-0.05, 0) is 31.9 Å². The van der Waals surface area contributed by atoms with E-state index >= 15 is 0 Å². The third-order valence-corrected chi connectivity index (χ3v) is 5.12. The topological polar surface area (TPSA) is 65.5 Å². The van der Waals surface area contributed by atoms with Crippen LogP contribution < -0.4 is 5.32 Å². The maximum atomic E-state index is 12.5. The second-order valence-corrected chi connectivity index (χ2v) is 7.19. The summed E-state index contributed by atoms with van der Waals surface area (Å²) in [5, 5.41) is 15.4. The predicted molar refractivity (Wildman–Crippen MR) is 95.2 cm³/mol. The number of likely N-dealkylation sites (tertiary alicyclic amines) is 1. The van der Waals surface area contributed by atoms with Crippen molar-refractivity contribution in [1.82, 2.24) is 15.2 Å². The van der Waals surface area contributed by atoms with E-state index in [9.17, 15) is 9.90 Å². The Bertz CT molecular complexity index is 702. The smallest absolute Gasteiger partial charge is 0.251 e. The molecular weight excluding hydrogens is 322 g/mol. The number of hydrogen-bond donors (Lipinski definition) is 2. The first-order chi connectivity index (χ1) is 11.5. The number of aliphatic hydroxyl groups excluding tert-OH is 1. The summed E-state index contributed by atoms with van der Waals surface area (Å²) in [6.45, 7) is 6.04. The van der Waals surface area contributed by atoms with Crippen molar-refractivity contribution in [2.45, 2.75) is 39.0 Å². The zero-order valence-electron chi connectivity index (χ0n) is 14.0. The maximum absolute atomic E-state index is 12.5. The monoisotopic (exact) mass is 345 g/mol. The number of carbonyl (C=O) groups is 1. The quantitative estimate of drug-likeness (QED) is 0.891. The maximum Gasteiger partial charge on any atom is 0.251 e. The van der Waals surface area contributed by atoms with Crippen molar-refractivity contribution in [2.24, 2.45) is 0 Å². The molecule has 0 bridgehead atoms. The molecular formula is C18H23N3O2S. The first kappa shape index (κ1) is 17.1. The Labute approximate surface area is 146 Å². The van der Waals surface area contributed by atoms with Gasteiger partial charge in [0.25, 0.3) is 5.91 Å². The average molecular weight is 345 g/mol. The van der Waals surface area contributed by atoms with Crippen LogP contribution >= 0.6 is 11.3 Å². The zero-order chi connectivity index (χ0) is 17.1. The van der Waals surface area contributed by atoms with E-state index in [0.29, 0.717) is 12.1 Å². The van der Waals surface area contributed by atoms with Crippen LogP contribution in [0.25, 0.3) is 0 Å². The number of aliphatic hydroxyl groups is 1. The summed E-state index contributed by atoms with van der Waals surface area (Å²) < 4.78 is 0. The largest absolute Gasteiger partial charge is 0.390 e. The molecule has 1 fully saturated rings. The Hall–Kier alpha value is -1.76. The third-order valence-electron chi connectivity index (χ3n) is 4.49. The van der Waals surface area contributed by atoms with Crippen LogP contribution in [-0.4, -0.2) is 46.1 Å². The minimum Gasteiger partial charge on any atom is -0.390 e. The number of thiazole rings is 1. The number of β-amino-alcohol motifs (C(OH)–C–C–N with tert-alkyl or cyclic N) is 1. The minimum atomic E-state index is -0.563. The summed E-state index contributed by atoms with van der Waals surface area (Å²) in [5.41, 5.74) is 5.55. The number of piperidine rings is 1. The van der Waals surface area contributed by atoms with Gasteiger partial charge in [0.15, 0.2) is 0 Å². The highest BCUT2D eigenvalue weighted by Gasteiger charge is 2.29. The third kappa shape index (κ3) is 4.01. The number of aryl methyl sites for hydroxylation is 2. The fourth-order valence-electron chi connectivity index (χ4n) is 3.08. The van der Waals surface area contributed by atoms with Crippen molar-refractivity contribution < 1.29 is 9.90 Å². The van der Waals surface area contributed by atoms with Crippen LogP contribution in [0.2, 0.25) is 0 Å². The van der Waals surface area contributed by atoms with Crippen molar-refractivity contribution in [1.29, 1.82) is 0 Å². The lowest BCUT2D eigenvalue weighted by molar-refractivity contribution is 0.0346. The highest BCUT2D eigenvalue weighted by Crippen LogP contribution is 2.16. The van der Waals surface area contributed by atoms with Crippen molar-refractivity contribution in [2.75, 3.05) is 13.1 Å². The number of amides is 1. The van der Waals surface area contributed by atoms with Crippen LogP contribution in [0.4, 0.5) is 0 Å². The molecule has 1 amide bonds. The van der Waals surface area contributed by atoms with E-state index in [-0.39, 0.29) is 11.9 Å². The van der Waals surface area contributed by atoms with E-state index in [4.69, 9.17) is 0 Å². The molecule has 6 heteroatoms. The number of hydrogen-bond acceptors (Lipinski definition) is 5. The van der Waals surface area contributed by atoms with Gasteiger partial charge in [0, 0.05) is 30.6 Å². The lowest BCUT2D eigenvalue weighted by atomic mass is 9.99. The van der Waals surface area contributed by atoms with E-state index in [0.717, 1.165) is 36.3 Å². The molecule has 0 spiro atoms. The number of nitrogens with zero attached hydrogens (tertiary/aromatic N) is 2. The van der Waals surface area contributed by atoms with Gasteiger partial charge in [-0.25, -0.2) is 4.98 Å². The fraction of sp³-hybridized carbons (Fsp3) is 0.444. The minimum absolute atomic E-state index is 0.104. The van der Waals surface area contributed by atoms with Crippen LogP contribution in [0, 0.1) is 13.8 Å². The second-order valence-electron chi connectivity index (χ2n) is 6.47. The van der Waals surface area contributed by atoms with Gasteiger partial charge in [0.05, 0.1) is 23.4 Å². The van der Waals surface area contributed by atoms with Crippen molar-refractivity contribution in [3.05, 3.63) is 51.5 Å². The summed E-state index contributed by atoms with van der Waals surface area (Å²) in [5.74, 6) is -0.104. The molecule has 1 saturated heterocycles. The van der Waals surface area contributed by atoms with Gasteiger partial charge in [-0.1, -0.05) is 17.7 Å². The van der Waals surface area contributed by atoms with Crippen LogP contribution in [0.5, 0.6) is 0 Å². The predicted octanol–water partition coefficient (Wildman–Crippen LogP) is 2.13. The molecule has 1 aliphatic rings. The van der Waals surface area contributed by atoms with Crippen LogP contribution in [-0.2, 0) is 6.54 Å². The van der Waals surface area contributed by atoms with E-state index in [1.807, 2.05) is 42.9 Å². The molecule has 0 radical (unpaired) electrons. The Kier molecular flexibility index (Phi) is 5.28. The molecule has 5 nitrogen and oxygen atoms in total. The molecule has 1 aromatic carbocycles. The molecule has 0 aliphatic carbocycles. The molecule has 128 valence electrons. The molecule has 2 N–H and O–H groups in total. The van der Waals surface area contributed by atoms with Gasteiger partial charge in [0.1, 0.15) is 0 Å². The molecule has 1 aromatic heterocycles. The molecule has 0 unspecified atom stereocenters.